The highest BCUT2D eigenvalue weighted by atomic mass is 15.1. The molecule has 5 nitrogen and oxygen atoms in total. The predicted octanol–water partition coefficient (Wildman–Crippen LogP) is 3.17. The van der Waals surface area contributed by atoms with Gasteiger partial charge in [-0.25, -0.2) is 9.97 Å². The Labute approximate surface area is 129 Å². The summed E-state index contributed by atoms with van der Waals surface area (Å²) >= 11 is 0. The Morgan fingerprint density at radius 1 is 1.10 bits per heavy atom. The predicted molar refractivity (Wildman–Crippen MR) is 91.2 cm³/mol. The molecule has 1 atom stereocenters. The molecule has 0 aliphatic heterocycles. The highest BCUT2D eigenvalue weighted by Gasteiger charge is 2.14. The molecule has 0 aromatic carbocycles. The summed E-state index contributed by atoms with van der Waals surface area (Å²) in [5.74, 6) is 2.28. The Bertz CT molecular complexity index is 419. The van der Waals surface area contributed by atoms with Gasteiger partial charge in [0.15, 0.2) is 0 Å². The molecule has 1 unspecified atom stereocenters. The third-order valence-corrected chi connectivity index (χ3v) is 3.91. The minimum atomic E-state index is 0.384. The van der Waals surface area contributed by atoms with E-state index in [0.29, 0.717) is 12.0 Å². The summed E-state index contributed by atoms with van der Waals surface area (Å²) in [5, 5.41) is 6.79. The lowest BCUT2D eigenvalue weighted by Crippen LogP contribution is -2.33. The number of anilines is 2. The standard InChI is InChI=1S/C16H31N5/c1-7-13(5)21(6)10-9-18-16-14(12(3)4)15(17-8-2)19-11-20-16/h11-13H,7-10H2,1-6H3,(H2,17,18,19,20). The van der Waals surface area contributed by atoms with Gasteiger partial charge < -0.3 is 15.5 Å². The molecule has 0 saturated heterocycles. The molecular formula is C16H31N5. The highest BCUT2D eigenvalue weighted by Crippen LogP contribution is 2.27. The summed E-state index contributed by atoms with van der Waals surface area (Å²) in [6, 6.07) is 0.610. The van der Waals surface area contributed by atoms with Gasteiger partial charge in [-0.2, -0.15) is 0 Å². The molecule has 21 heavy (non-hydrogen) atoms. The van der Waals surface area contributed by atoms with E-state index in [1.165, 1.54) is 12.0 Å². The van der Waals surface area contributed by atoms with Crippen LogP contribution in [0.15, 0.2) is 6.33 Å². The number of hydrogen-bond acceptors (Lipinski definition) is 5. The topological polar surface area (TPSA) is 53.1 Å². The van der Waals surface area contributed by atoms with Gasteiger partial charge in [-0.05, 0) is 33.2 Å². The maximum Gasteiger partial charge on any atom is 0.135 e. The fraction of sp³-hybridized carbons (Fsp3) is 0.750. The number of nitrogens with zero attached hydrogens (tertiary/aromatic N) is 3. The van der Waals surface area contributed by atoms with E-state index in [0.717, 1.165) is 31.3 Å². The molecule has 1 heterocycles. The van der Waals surface area contributed by atoms with Crippen molar-refractivity contribution in [2.75, 3.05) is 37.3 Å². The molecule has 2 N–H and O–H groups in total. The average molecular weight is 293 g/mol. The lowest BCUT2D eigenvalue weighted by atomic mass is 10.0. The quantitative estimate of drug-likeness (QED) is 0.732. The number of nitrogens with one attached hydrogen (secondary N) is 2. The first-order valence-corrected chi connectivity index (χ1v) is 8.04. The Balaban J connectivity index is 2.72. The van der Waals surface area contributed by atoms with E-state index in [-0.39, 0.29) is 0 Å². The van der Waals surface area contributed by atoms with Crippen LogP contribution < -0.4 is 10.6 Å². The molecule has 1 rings (SSSR count). The van der Waals surface area contributed by atoms with Gasteiger partial charge in [0.05, 0.1) is 0 Å². The first kappa shape index (κ1) is 17.7. The van der Waals surface area contributed by atoms with Crippen LogP contribution in [0.2, 0.25) is 0 Å². The maximum atomic E-state index is 4.42. The van der Waals surface area contributed by atoms with E-state index in [9.17, 15) is 0 Å². The summed E-state index contributed by atoms with van der Waals surface area (Å²) in [4.78, 5) is 11.2. The van der Waals surface area contributed by atoms with Gasteiger partial charge in [0.1, 0.15) is 18.0 Å². The van der Waals surface area contributed by atoms with Crippen molar-refractivity contribution in [3.8, 4) is 0 Å². The first-order valence-electron chi connectivity index (χ1n) is 8.04. The fourth-order valence-corrected chi connectivity index (χ4v) is 2.27. The minimum Gasteiger partial charge on any atom is -0.370 e. The van der Waals surface area contributed by atoms with Gasteiger partial charge in [0.25, 0.3) is 0 Å². The van der Waals surface area contributed by atoms with Crippen LogP contribution in [0.25, 0.3) is 0 Å². The molecule has 0 amide bonds. The van der Waals surface area contributed by atoms with Crippen molar-refractivity contribution in [2.24, 2.45) is 0 Å². The second kappa shape index (κ2) is 8.82. The zero-order valence-corrected chi connectivity index (χ0v) is 14.4. The highest BCUT2D eigenvalue weighted by molar-refractivity contribution is 5.58. The van der Waals surface area contributed by atoms with Gasteiger partial charge in [-0.1, -0.05) is 20.8 Å². The van der Waals surface area contributed by atoms with Crippen LogP contribution in [0.4, 0.5) is 11.6 Å². The smallest absolute Gasteiger partial charge is 0.135 e. The summed E-state index contributed by atoms with van der Waals surface area (Å²) < 4.78 is 0. The average Bonchev–Trinajstić information content (AvgIpc) is 2.46. The molecule has 0 aliphatic carbocycles. The molecule has 0 radical (unpaired) electrons. The van der Waals surface area contributed by atoms with Crippen LogP contribution in [-0.2, 0) is 0 Å². The molecule has 0 spiro atoms. The monoisotopic (exact) mass is 293 g/mol. The Morgan fingerprint density at radius 3 is 2.24 bits per heavy atom. The lowest BCUT2D eigenvalue weighted by molar-refractivity contribution is 0.261. The second-order valence-corrected chi connectivity index (χ2v) is 5.83. The van der Waals surface area contributed by atoms with Crippen molar-refractivity contribution in [3.63, 3.8) is 0 Å². The van der Waals surface area contributed by atoms with Gasteiger partial charge >= 0.3 is 0 Å². The zero-order chi connectivity index (χ0) is 15.8. The van der Waals surface area contributed by atoms with Gasteiger partial charge in [-0.3, -0.25) is 0 Å². The Morgan fingerprint density at radius 2 is 1.71 bits per heavy atom. The Kier molecular flexibility index (Phi) is 7.43. The normalized spacial score (nSPS) is 12.8. The van der Waals surface area contributed by atoms with Gasteiger partial charge in [-0.15, -0.1) is 0 Å². The van der Waals surface area contributed by atoms with Crippen molar-refractivity contribution in [1.82, 2.24) is 14.9 Å². The number of hydrogen-bond donors (Lipinski definition) is 2. The third-order valence-electron chi connectivity index (χ3n) is 3.91. The second-order valence-electron chi connectivity index (χ2n) is 5.83. The molecule has 0 saturated carbocycles. The summed E-state index contributed by atoms with van der Waals surface area (Å²) in [5.41, 5.74) is 1.17. The van der Waals surface area contributed by atoms with Crippen molar-refractivity contribution in [3.05, 3.63) is 11.9 Å². The van der Waals surface area contributed by atoms with Crippen molar-refractivity contribution < 1.29 is 0 Å². The van der Waals surface area contributed by atoms with Crippen LogP contribution in [-0.4, -0.2) is 47.6 Å². The van der Waals surface area contributed by atoms with Crippen LogP contribution in [0.3, 0.4) is 0 Å². The summed E-state index contributed by atoms with van der Waals surface area (Å²) in [6.45, 7) is 13.7. The number of rotatable bonds is 9. The SMILES string of the molecule is CCNc1ncnc(NCCN(C)C(C)CC)c1C(C)C. The molecule has 5 heteroatoms. The molecular weight excluding hydrogens is 262 g/mol. The molecule has 0 bridgehead atoms. The van der Waals surface area contributed by atoms with Gasteiger partial charge in [0, 0.05) is 31.2 Å². The molecule has 120 valence electrons. The van der Waals surface area contributed by atoms with Crippen LogP contribution in [0.1, 0.15) is 52.5 Å². The van der Waals surface area contributed by atoms with E-state index >= 15 is 0 Å². The third kappa shape index (κ3) is 5.16. The van der Waals surface area contributed by atoms with Crippen LogP contribution in [0, 0.1) is 0 Å². The zero-order valence-electron chi connectivity index (χ0n) is 14.4. The maximum absolute atomic E-state index is 4.42. The van der Waals surface area contributed by atoms with Crippen molar-refractivity contribution >= 4 is 11.6 Å². The van der Waals surface area contributed by atoms with E-state index in [1.807, 2.05) is 0 Å². The van der Waals surface area contributed by atoms with E-state index < -0.39 is 0 Å². The summed E-state index contributed by atoms with van der Waals surface area (Å²) in [6.07, 6.45) is 2.80. The molecule has 1 aromatic rings. The largest absolute Gasteiger partial charge is 0.370 e. The van der Waals surface area contributed by atoms with E-state index in [1.54, 1.807) is 6.33 Å². The molecule has 1 aromatic heterocycles. The van der Waals surface area contributed by atoms with Crippen molar-refractivity contribution in [1.29, 1.82) is 0 Å². The van der Waals surface area contributed by atoms with Crippen LogP contribution >= 0.6 is 0 Å². The van der Waals surface area contributed by atoms with E-state index in [4.69, 9.17) is 0 Å². The first-order chi connectivity index (χ1) is 10.0. The van der Waals surface area contributed by atoms with E-state index in [2.05, 4.69) is 67.2 Å². The lowest BCUT2D eigenvalue weighted by Gasteiger charge is -2.24. The Hall–Kier alpha value is -1.36. The number of likely N-dealkylation sites (N-methyl/N-ethyl adjacent to an activating group) is 1. The van der Waals surface area contributed by atoms with Gasteiger partial charge in [0.2, 0.25) is 0 Å². The fourth-order valence-electron chi connectivity index (χ4n) is 2.27. The van der Waals surface area contributed by atoms with Crippen LogP contribution in [0.5, 0.6) is 0 Å². The minimum absolute atomic E-state index is 0.384. The molecule has 0 fully saturated rings. The summed E-state index contributed by atoms with van der Waals surface area (Å²) in [7, 11) is 2.17. The van der Waals surface area contributed by atoms with Crippen molar-refractivity contribution in [2.45, 2.75) is 53.0 Å². The number of aromatic nitrogens is 2. The molecule has 0 aliphatic rings.